The molecule has 19 heavy (non-hydrogen) atoms. The van der Waals surface area contributed by atoms with Crippen LogP contribution in [-0.4, -0.2) is 12.6 Å². The van der Waals surface area contributed by atoms with Gasteiger partial charge in [-0.15, -0.1) is 0 Å². The Morgan fingerprint density at radius 3 is 2.58 bits per heavy atom. The molecule has 1 N–H and O–H groups in total. The molecule has 0 radical (unpaired) electrons. The molecule has 3 heteroatoms. The molecule has 0 aromatic heterocycles. The highest BCUT2D eigenvalue weighted by Gasteiger charge is 2.64. The van der Waals surface area contributed by atoms with Crippen LogP contribution in [0, 0.1) is 10.8 Å². The van der Waals surface area contributed by atoms with Gasteiger partial charge in [-0.2, -0.15) is 0 Å². The van der Waals surface area contributed by atoms with E-state index in [1.54, 1.807) is 0 Å². The molecular formula is C16H22BrNO. The molecule has 3 rings (SSSR count). The number of rotatable bonds is 3. The first-order chi connectivity index (χ1) is 8.84. The van der Waals surface area contributed by atoms with Crippen LogP contribution >= 0.6 is 15.9 Å². The zero-order valence-electron chi connectivity index (χ0n) is 12.1. The van der Waals surface area contributed by atoms with Crippen molar-refractivity contribution in [2.75, 3.05) is 6.61 Å². The molecule has 2 aliphatic rings. The summed E-state index contributed by atoms with van der Waals surface area (Å²) in [7, 11) is 0. The number of hydrogen-bond acceptors (Lipinski definition) is 2. The third-order valence-electron chi connectivity index (χ3n) is 5.34. The monoisotopic (exact) mass is 323 g/mol. The van der Waals surface area contributed by atoms with E-state index in [-0.39, 0.29) is 0 Å². The summed E-state index contributed by atoms with van der Waals surface area (Å²) >= 11 is 3.60. The maximum absolute atomic E-state index is 5.78. The lowest BCUT2D eigenvalue weighted by Crippen LogP contribution is -2.22. The molecule has 2 nitrogen and oxygen atoms in total. The van der Waals surface area contributed by atoms with E-state index >= 15 is 0 Å². The molecule has 0 atom stereocenters. The molecule has 1 aromatic carbocycles. The molecular weight excluding hydrogens is 302 g/mol. The van der Waals surface area contributed by atoms with Crippen LogP contribution in [0.5, 0.6) is 5.75 Å². The van der Waals surface area contributed by atoms with Crippen molar-refractivity contribution >= 4 is 15.9 Å². The number of hydrogen-bond donors (Lipinski definition) is 1. The average molecular weight is 324 g/mol. The quantitative estimate of drug-likeness (QED) is 0.910. The standard InChI is InChI=1S/C16H22BrNO/c1-15(2)14(16(15,3)4)18-9-11-8-12(17)7-10-5-6-19-13(10)11/h7-8,14,18H,5-6,9H2,1-4H3. The molecule has 1 heterocycles. The fourth-order valence-electron chi connectivity index (χ4n) is 3.40. The van der Waals surface area contributed by atoms with Gasteiger partial charge < -0.3 is 10.1 Å². The number of benzene rings is 1. The Kier molecular flexibility index (Phi) is 2.99. The second-order valence-corrected chi connectivity index (χ2v) is 7.82. The Hall–Kier alpha value is -0.540. The molecule has 0 saturated heterocycles. The maximum atomic E-state index is 5.78. The van der Waals surface area contributed by atoms with Crippen molar-refractivity contribution in [2.45, 2.75) is 46.7 Å². The molecule has 0 spiro atoms. The minimum absolute atomic E-state index is 0.378. The molecule has 1 aliphatic heterocycles. The average Bonchev–Trinajstić information content (AvgIpc) is 2.70. The second kappa shape index (κ2) is 4.23. The second-order valence-electron chi connectivity index (χ2n) is 6.91. The first-order valence-electron chi connectivity index (χ1n) is 7.01. The van der Waals surface area contributed by atoms with E-state index in [1.807, 2.05) is 0 Å². The zero-order chi connectivity index (χ0) is 13.8. The predicted molar refractivity (Wildman–Crippen MR) is 81.5 cm³/mol. The minimum Gasteiger partial charge on any atom is -0.493 e. The smallest absolute Gasteiger partial charge is 0.127 e. The Morgan fingerprint density at radius 1 is 1.26 bits per heavy atom. The van der Waals surface area contributed by atoms with Gasteiger partial charge in [0.25, 0.3) is 0 Å². The Balaban J connectivity index is 1.76. The number of nitrogens with one attached hydrogen (secondary N) is 1. The van der Waals surface area contributed by atoms with Gasteiger partial charge in [0.2, 0.25) is 0 Å². The predicted octanol–water partition coefficient (Wildman–Crippen LogP) is 3.91. The van der Waals surface area contributed by atoms with Crippen LogP contribution < -0.4 is 10.1 Å². The van der Waals surface area contributed by atoms with Gasteiger partial charge in [-0.1, -0.05) is 43.6 Å². The number of ether oxygens (including phenoxy) is 1. The van der Waals surface area contributed by atoms with Crippen molar-refractivity contribution in [3.63, 3.8) is 0 Å². The van der Waals surface area contributed by atoms with Crippen LogP contribution in [0.4, 0.5) is 0 Å². The van der Waals surface area contributed by atoms with E-state index in [0.29, 0.717) is 16.9 Å². The van der Waals surface area contributed by atoms with Crippen molar-refractivity contribution in [1.82, 2.24) is 5.32 Å². The van der Waals surface area contributed by atoms with E-state index < -0.39 is 0 Å². The maximum Gasteiger partial charge on any atom is 0.127 e. The van der Waals surface area contributed by atoms with Crippen molar-refractivity contribution < 1.29 is 4.74 Å². The lowest BCUT2D eigenvalue weighted by atomic mass is 10.0. The first-order valence-corrected chi connectivity index (χ1v) is 7.81. The number of fused-ring (bicyclic) bond motifs is 1. The van der Waals surface area contributed by atoms with Gasteiger partial charge in [-0.25, -0.2) is 0 Å². The normalized spacial score (nSPS) is 23.0. The summed E-state index contributed by atoms with van der Waals surface area (Å²) in [5, 5.41) is 3.71. The van der Waals surface area contributed by atoms with Crippen LogP contribution in [0.3, 0.4) is 0 Å². The van der Waals surface area contributed by atoms with Gasteiger partial charge in [0.05, 0.1) is 6.61 Å². The molecule has 0 bridgehead atoms. The van der Waals surface area contributed by atoms with Crippen LogP contribution in [0.2, 0.25) is 0 Å². The van der Waals surface area contributed by atoms with Crippen molar-refractivity contribution in [1.29, 1.82) is 0 Å². The highest BCUT2D eigenvalue weighted by Crippen LogP contribution is 2.62. The zero-order valence-corrected chi connectivity index (χ0v) is 13.7. The van der Waals surface area contributed by atoms with Gasteiger partial charge in [0.1, 0.15) is 5.75 Å². The summed E-state index contributed by atoms with van der Waals surface area (Å²) in [4.78, 5) is 0. The van der Waals surface area contributed by atoms with Crippen molar-refractivity contribution in [3.8, 4) is 5.75 Å². The minimum atomic E-state index is 0.378. The topological polar surface area (TPSA) is 21.3 Å². The van der Waals surface area contributed by atoms with Crippen molar-refractivity contribution in [3.05, 3.63) is 27.7 Å². The summed E-state index contributed by atoms with van der Waals surface area (Å²) < 4.78 is 6.94. The summed E-state index contributed by atoms with van der Waals surface area (Å²) in [6.07, 6.45) is 1.03. The Morgan fingerprint density at radius 2 is 1.95 bits per heavy atom. The summed E-state index contributed by atoms with van der Waals surface area (Å²) in [5.41, 5.74) is 3.37. The lowest BCUT2D eigenvalue weighted by Gasteiger charge is -2.11. The SMILES string of the molecule is CC1(C)C(NCc2cc(Br)cc3c2OCC3)C1(C)C. The molecule has 104 valence electrons. The van der Waals surface area contributed by atoms with E-state index in [0.717, 1.165) is 29.8 Å². The van der Waals surface area contributed by atoms with Crippen molar-refractivity contribution in [2.24, 2.45) is 10.8 Å². The van der Waals surface area contributed by atoms with E-state index in [9.17, 15) is 0 Å². The Labute approximate surface area is 124 Å². The summed E-state index contributed by atoms with van der Waals surface area (Å²) in [6, 6.07) is 4.94. The first kappa shape index (κ1) is 13.4. The van der Waals surface area contributed by atoms with E-state index in [2.05, 4.69) is 61.1 Å². The largest absolute Gasteiger partial charge is 0.493 e. The van der Waals surface area contributed by atoms with Gasteiger partial charge in [0, 0.05) is 29.0 Å². The van der Waals surface area contributed by atoms with Gasteiger partial charge in [-0.3, -0.25) is 0 Å². The molecule has 1 aliphatic carbocycles. The van der Waals surface area contributed by atoms with Gasteiger partial charge in [-0.05, 0) is 28.5 Å². The highest BCUT2D eigenvalue weighted by molar-refractivity contribution is 9.10. The summed E-state index contributed by atoms with van der Waals surface area (Å²) in [5.74, 6) is 1.10. The third-order valence-corrected chi connectivity index (χ3v) is 5.80. The van der Waals surface area contributed by atoms with Crippen LogP contribution in [0.1, 0.15) is 38.8 Å². The highest BCUT2D eigenvalue weighted by atomic mass is 79.9. The fourth-order valence-corrected chi connectivity index (χ4v) is 3.95. The summed E-state index contributed by atoms with van der Waals surface area (Å²) in [6.45, 7) is 11.1. The molecule has 0 unspecified atom stereocenters. The lowest BCUT2D eigenvalue weighted by molar-refractivity contribution is 0.352. The third kappa shape index (κ3) is 2.02. The Bertz CT molecular complexity index is 508. The molecule has 1 saturated carbocycles. The molecule has 0 amide bonds. The van der Waals surface area contributed by atoms with Gasteiger partial charge in [0.15, 0.2) is 0 Å². The van der Waals surface area contributed by atoms with E-state index in [1.165, 1.54) is 11.1 Å². The molecule has 1 aromatic rings. The van der Waals surface area contributed by atoms with Crippen LogP contribution in [0.25, 0.3) is 0 Å². The molecule has 1 fully saturated rings. The van der Waals surface area contributed by atoms with E-state index in [4.69, 9.17) is 4.74 Å². The van der Waals surface area contributed by atoms with Gasteiger partial charge >= 0.3 is 0 Å². The fraction of sp³-hybridized carbons (Fsp3) is 0.625. The van der Waals surface area contributed by atoms with Crippen LogP contribution in [0.15, 0.2) is 16.6 Å². The van der Waals surface area contributed by atoms with Crippen LogP contribution in [-0.2, 0) is 13.0 Å². The number of halogens is 1.